The van der Waals surface area contributed by atoms with Gasteiger partial charge in [-0.3, -0.25) is 4.79 Å². The Bertz CT molecular complexity index is 1330. The molecular formula is C23H22N4O3S. The van der Waals surface area contributed by atoms with Crippen LogP contribution in [0, 0.1) is 13.8 Å². The second kappa shape index (κ2) is 7.47. The van der Waals surface area contributed by atoms with Gasteiger partial charge in [0.2, 0.25) is 0 Å². The number of hydrogen-bond donors (Lipinski definition) is 2. The zero-order valence-electron chi connectivity index (χ0n) is 17.3. The van der Waals surface area contributed by atoms with Gasteiger partial charge in [0.1, 0.15) is 10.7 Å². The van der Waals surface area contributed by atoms with Crippen LogP contribution in [-0.4, -0.2) is 52.2 Å². The minimum absolute atomic E-state index is 0.00911. The van der Waals surface area contributed by atoms with Gasteiger partial charge in [-0.25, -0.2) is 0 Å². The molecule has 0 bridgehead atoms. The van der Waals surface area contributed by atoms with Crippen molar-refractivity contribution in [2.75, 3.05) is 26.3 Å². The SMILES string of the molecule is Cc1noc(C)c1-c1cc(C(N)=S)c2[nH]c3cc(C(=O)N4CCOCC4)ccc3c2c1. The van der Waals surface area contributed by atoms with Crippen molar-refractivity contribution >= 4 is 44.9 Å². The maximum absolute atomic E-state index is 12.9. The smallest absolute Gasteiger partial charge is 0.254 e. The average Bonchev–Trinajstić information content (AvgIpc) is 3.31. The van der Waals surface area contributed by atoms with Gasteiger partial charge >= 0.3 is 0 Å². The number of ether oxygens (including phenoxy) is 1. The highest BCUT2D eigenvalue weighted by molar-refractivity contribution is 7.80. The summed E-state index contributed by atoms with van der Waals surface area (Å²) < 4.78 is 10.7. The van der Waals surface area contributed by atoms with E-state index in [4.69, 9.17) is 27.2 Å². The first-order valence-corrected chi connectivity index (χ1v) is 10.5. The molecule has 158 valence electrons. The third-order valence-corrected chi connectivity index (χ3v) is 6.06. The number of nitrogens with one attached hydrogen (secondary N) is 1. The normalized spacial score (nSPS) is 14.5. The maximum atomic E-state index is 12.9. The summed E-state index contributed by atoms with van der Waals surface area (Å²) >= 11 is 5.35. The third kappa shape index (κ3) is 3.28. The number of aryl methyl sites for hydroxylation is 2. The number of nitrogens with two attached hydrogens (primary N) is 1. The van der Waals surface area contributed by atoms with E-state index in [1.165, 1.54) is 0 Å². The minimum Gasteiger partial charge on any atom is -0.389 e. The van der Waals surface area contributed by atoms with Gasteiger partial charge in [-0.15, -0.1) is 0 Å². The Balaban J connectivity index is 1.68. The van der Waals surface area contributed by atoms with Gasteiger partial charge in [-0.05, 0) is 43.7 Å². The number of nitrogens with zero attached hydrogens (tertiary/aromatic N) is 2. The number of H-pyrrole nitrogens is 1. The van der Waals surface area contributed by atoms with Crippen LogP contribution in [0.5, 0.6) is 0 Å². The molecule has 7 nitrogen and oxygen atoms in total. The van der Waals surface area contributed by atoms with Gasteiger partial charge in [0.25, 0.3) is 5.91 Å². The summed E-state index contributed by atoms with van der Waals surface area (Å²) in [6.07, 6.45) is 0. The fourth-order valence-corrected chi connectivity index (χ4v) is 4.48. The molecule has 0 atom stereocenters. The van der Waals surface area contributed by atoms with Crippen LogP contribution < -0.4 is 5.73 Å². The van der Waals surface area contributed by atoms with Crippen LogP contribution in [0.4, 0.5) is 0 Å². The standard InChI is InChI=1S/C23H22N4O3S/c1-12-20(13(2)30-26-12)15-9-17-16-4-3-14(23(28)27-5-7-29-8-6-27)11-19(16)25-21(17)18(10-15)22(24)31/h3-4,9-11,25H,5-8H2,1-2H3,(H2,24,31). The molecule has 1 amide bonds. The third-order valence-electron chi connectivity index (χ3n) is 5.84. The number of fused-ring (bicyclic) bond motifs is 3. The predicted octanol–water partition coefficient (Wildman–Crippen LogP) is 3.70. The molecule has 2 aromatic carbocycles. The molecule has 2 aromatic heterocycles. The fourth-order valence-electron chi connectivity index (χ4n) is 4.32. The summed E-state index contributed by atoms with van der Waals surface area (Å²) in [5.41, 5.74) is 11.9. The second-order valence-electron chi connectivity index (χ2n) is 7.80. The van der Waals surface area contributed by atoms with Crippen molar-refractivity contribution in [1.29, 1.82) is 0 Å². The van der Waals surface area contributed by atoms with E-state index < -0.39 is 0 Å². The number of amides is 1. The lowest BCUT2D eigenvalue weighted by atomic mass is 9.98. The van der Waals surface area contributed by atoms with E-state index in [-0.39, 0.29) is 5.91 Å². The van der Waals surface area contributed by atoms with Gasteiger partial charge in [0, 0.05) is 46.1 Å². The molecule has 1 saturated heterocycles. The van der Waals surface area contributed by atoms with Crippen molar-refractivity contribution < 1.29 is 14.1 Å². The number of hydrogen-bond acceptors (Lipinski definition) is 5. The molecule has 1 aliphatic rings. The van der Waals surface area contributed by atoms with Crippen LogP contribution in [0.2, 0.25) is 0 Å². The van der Waals surface area contributed by atoms with Gasteiger partial charge in [0.15, 0.2) is 0 Å². The summed E-state index contributed by atoms with van der Waals surface area (Å²) in [5, 5.41) is 6.06. The monoisotopic (exact) mass is 434 g/mol. The van der Waals surface area contributed by atoms with E-state index in [9.17, 15) is 4.79 Å². The summed E-state index contributed by atoms with van der Waals surface area (Å²) in [7, 11) is 0. The van der Waals surface area contributed by atoms with Crippen molar-refractivity contribution in [2.45, 2.75) is 13.8 Å². The van der Waals surface area contributed by atoms with Crippen molar-refractivity contribution in [3.05, 3.63) is 52.9 Å². The van der Waals surface area contributed by atoms with Crippen molar-refractivity contribution in [3.63, 3.8) is 0 Å². The van der Waals surface area contributed by atoms with Crippen molar-refractivity contribution in [3.8, 4) is 11.1 Å². The van der Waals surface area contributed by atoms with Gasteiger partial charge in [-0.1, -0.05) is 23.4 Å². The van der Waals surface area contributed by atoms with Crippen molar-refractivity contribution in [2.24, 2.45) is 5.73 Å². The second-order valence-corrected chi connectivity index (χ2v) is 8.24. The van der Waals surface area contributed by atoms with Crippen LogP contribution >= 0.6 is 12.2 Å². The molecule has 1 aliphatic heterocycles. The highest BCUT2D eigenvalue weighted by Crippen LogP contribution is 2.35. The van der Waals surface area contributed by atoms with Gasteiger partial charge < -0.3 is 24.9 Å². The van der Waals surface area contributed by atoms with Crippen LogP contribution in [0.3, 0.4) is 0 Å². The van der Waals surface area contributed by atoms with Crippen molar-refractivity contribution in [1.82, 2.24) is 15.0 Å². The van der Waals surface area contributed by atoms with E-state index >= 15 is 0 Å². The van der Waals surface area contributed by atoms with Crippen LogP contribution in [-0.2, 0) is 4.74 Å². The first kappa shape index (κ1) is 19.7. The first-order chi connectivity index (χ1) is 14.9. The highest BCUT2D eigenvalue weighted by atomic mass is 32.1. The molecule has 0 saturated carbocycles. The zero-order valence-corrected chi connectivity index (χ0v) is 18.1. The molecule has 1 fully saturated rings. The summed E-state index contributed by atoms with van der Waals surface area (Å²) in [6, 6.07) is 9.79. The van der Waals surface area contributed by atoms with E-state index in [1.54, 1.807) is 0 Å². The molecular weight excluding hydrogens is 412 g/mol. The van der Waals surface area contributed by atoms with Crippen LogP contribution in [0.1, 0.15) is 27.4 Å². The van der Waals surface area contributed by atoms with E-state index in [0.717, 1.165) is 50.0 Å². The predicted molar refractivity (Wildman–Crippen MR) is 123 cm³/mol. The number of morpholine rings is 1. The van der Waals surface area contributed by atoms with Crippen LogP contribution in [0.25, 0.3) is 32.9 Å². The van der Waals surface area contributed by atoms with Gasteiger partial charge in [0.05, 0.1) is 24.4 Å². The lowest BCUT2D eigenvalue weighted by Crippen LogP contribution is -2.40. The lowest BCUT2D eigenvalue weighted by molar-refractivity contribution is 0.0303. The molecule has 3 heterocycles. The topological polar surface area (TPSA) is 97.4 Å². The Morgan fingerprint density at radius 2 is 1.94 bits per heavy atom. The molecule has 8 heteroatoms. The highest BCUT2D eigenvalue weighted by Gasteiger charge is 2.21. The quantitative estimate of drug-likeness (QED) is 0.477. The Kier molecular flexibility index (Phi) is 4.75. The first-order valence-electron chi connectivity index (χ1n) is 10.1. The number of benzene rings is 2. The van der Waals surface area contributed by atoms with Gasteiger partial charge in [-0.2, -0.15) is 0 Å². The Labute approximate surface area is 184 Å². The number of thiocarbonyl (C=S) groups is 1. The zero-order chi connectivity index (χ0) is 21.7. The molecule has 3 N–H and O–H groups in total. The van der Waals surface area contributed by atoms with E-state index in [0.29, 0.717) is 36.9 Å². The molecule has 0 radical (unpaired) electrons. The number of carbonyl (C=O) groups excluding carboxylic acids is 1. The number of aromatic amines is 1. The average molecular weight is 435 g/mol. The number of rotatable bonds is 3. The van der Waals surface area contributed by atoms with E-state index in [1.807, 2.05) is 43.0 Å². The maximum Gasteiger partial charge on any atom is 0.254 e. The Morgan fingerprint density at radius 3 is 2.61 bits per heavy atom. The molecule has 4 aromatic rings. The molecule has 5 rings (SSSR count). The van der Waals surface area contributed by atoms with Crippen LogP contribution in [0.15, 0.2) is 34.9 Å². The van der Waals surface area contributed by atoms with E-state index in [2.05, 4.69) is 16.2 Å². The summed E-state index contributed by atoms with van der Waals surface area (Å²) in [6.45, 7) is 6.16. The molecule has 0 spiro atoms. The molecule has 0 unspecified atom stereocenters. The minimum atomic E-state index is 0.00911. The summed E-state index contributed by atoms with van der Waals surface area (Å²) in [4.78, 5) is 18.5. The number of aromatic nitrogens is 2. The molecule has 31 heavy (non-hydrogen) atoms. The Morgan fingerprint density at radius 1 is 1.16 bits per heavy atom. The number of carbonyl (C=O) groups is 1. The largest absolute Gasteiger partial charge is 0.389 e. The fraction of sp³-hybridized carbons (Fsp3) is 0.261. The Hall–Kier alpha value is -3.23. The lowest BCUT2D eigenvalue weighted by Gasteiger charge is -2.26. The molecule has 0 aliphatic carbocycles. The summed E-state index contributed by atoms with van der Waals surface area (Å²) in [5.74, 6) is 0.749.